The van der Waals surface area contributed by atoms with Crippen molar-refractivity contribution in [2.24, 2.45) is 0 Å². The number of epoxide rings is 1. The molecule has 2 aromatic heterocycles. The number of aromatic nitrogens is 6. The molecule has 16 heavy (non-hydrogen) atoms. The van der Waals surface area contributed by atoms with Crippen LogP contribution in [0.25, 0.3) is 5.82 Å². The van der Waals surface area contributed by atoms with Crippen LogP contribution in [0.1, 0.15) is 22.9 Å². The number of ether oxygens (including phenoxy) is 1. The van der Waals surface area contributed by atoms with Gasteiger partial charge in [-0.05, 0) is 29.8 Å². The fourth-order valence-electron chi connectivity index (χ4n) is 1.60. The predicted octanol–water partition coefficient (Wildman–Crippen LogP) is 0.140. The topological polar surface area (TPSA) is 81.9 Å². The average molecular weight is 218 g/mol. The lowest BCUT2D eigenvalue weighted by atomic mass is 10.1. The lowest BCUT2D eigenvalue weighted by Crippen LogP contribution is -2.08. The Balaban J connectivity index is 2.11. The Kier molecular flexibility index (Phi) is 1.93. The van der Waals surface area contributed by atoms with Crippen LogP contribution in [0.4, 0.5) is 0 Å². The van der Waals surface area contributed by atoms with E-state index in [-0.39, 0.29) is 6.10 Å². The second-order valence-corrected chi connectivity index (χ2v) is 3.74. The van der Waals surface area contributed by atoms with E-state index >= 15 is 0 Å². The standard InChI is InChI=1S/C9H10N6O/c1-5-6(2)9(15-4-10-13-14-15)12-11-8(5)7-3-16-7/h4,7H,3H2,1-2H3/t7-/m1/s1. The first-order valence-electron chi connectivity index (χ1n) is 4.96. The smallest absolute Gasteiger partial charge is 0.182 e. The van der Waals surface area contributed by atoms with Gasteiger partial charge in [-0.25, -0.2) is 0 Å². The number of hydrogen-bond acceptors (Lipinski definition) is 6. The minimum Gasteiger partial charge on any atom is -0.366 e. The van der Waals surface area contributed by atoms with Gasteiger partial charge in [0.1, 0.15) is 12.4 Å². The summed E-state index contributed by atoms with van der Waals surface area (Å²) >= 11 is 0. The highest BCUT2D eigenvalue weighted by Gasteiger charge is 2.29. The minimum atomic E-state index is 0.120. The molecule has 7 nitrogen and oxygen atoms in total. The molecule has 7 heteroatoms. The third-order valence-corrected chi connectivity index (χ3v) is 2.74. The summed E-state index contributed by atoms with van der Waals surface area (Å²) in [5, 5.41) is 19.3. The molecular formula is C9H10N6O. The number of tetrazole rings is 1. The first kappa shape index (κ1) is 9.34. The molecule has 0 N–H and O–H groups in total. The van der Waals surface area contributed by atoms with Gasteiger partial charge in [-0.2, -0.15) is 9.78 Å². The summed E-state index contributed by atoms with van der Waals surface area (Å²) in [6.45, 7) is 4.72. The van der Waals surface area contributed by atoms with Gasteiger partial charge in [0.15, 0.2) is 5.82 Å². The van der Waals surface area contributed by atoms with Crippen molar-refractivity contribution in [1.29, 1.82) is 0 Å². The molecule has 82 valence electrons. The summed E-state index contributed by atoms with van der Waals surface area (Å²) < 4.78 is 6.72. The summed E-state index contributed by atoms with van der Waals surface area (Å²) in [6, 6.07) is 0. The van der Waals surface area contributed by atoms with E-state index in [2.05, 4.69) is 25.7 Å². The molecule has 3 heterocycles. The Morgan fingerprint density at radius 1 is 1.31 bits per heavy atom. The van der Waals surface area contributed by atoms with Gasteiger partial charge in [0.25, 0.3) is 0 Å². The van der Waals surface area contributed by atoms with Crippen molar-refractivity contribution in [3.8, 4) is 5.82 Å². The molecule has 0 radical (unpaired) electrons. The molecule has 2 aromatic rings. The van der Waals surface area contributed by atoms with Crippen molar-refractivity contribution in [3.05, 3.63) is 23.1 Å². The van der Waals surface area contributed by atoms with E-state index in [1.165, 1.54) is 11.0 Å². The minimum absolute atomic E-state index is 0.120. The normalized spacial score (nSPS) is 18.8. The molecule has 0 bridgehead atoms. The molecule has 1 saturated heterocycles. The molecule has 3 rings (SSSR count). The van der Waals surface area contributed by atoms with E-state index in [4.69, 9.17) is 4.74 Å². The molecule has 0 amide bonds. The highest BCUT2D eigenvalue weighted by Crippen LogP contribution is 2.31. The molecule has 1 atom stereocenters. The molecule has 1 fully saturated rings. The molecule has 0 aromatic carbocycles. The van der Waals surface area contributed by atoms with Crippen LogP contribution in [-0.4, -0.2) is 37.0 Å². The second-order valence-electron chi connectivity index (χ2n) is 3.74. The Morgan fingerprint density at radius 2 is 2.12 bits per heavy atom. The molecule has 0 spiro atoms. The van der Waals surface area contributed by atoms with Gasteiger partial charge < -0.3 is 4.74 Å². The van der Waals surface area contributed by atoms with Gasteiger partial charge in [0.2, 0.25) is 0 Å². The summed E-state index contributed by atoms with van der Waals surface area (Å²) in [5.41, 5.74) is 3.02. The van der Waals surface area contributed by atoms with Crippen LogP contribution in [0.15, 0.2) is 6.33 Å². The van der Waals surface area contributed by atoms with E-state index in [1.54, 1.807) is 0 Å². The van der Waals surface area contributed by atoms with Crippen molar-refractivity contribution in [2.45, 2.75) is 20.0 Å². The van der Waals surface area contributed by atoms with Gasteiger partial charge >= 0.3 is 0 Å². The highest BCUT2D eigenvalue weighted by atomic mass is 16.6. The number of rotatable bonds is 2. The Hall–Kier alpha value is -1.89. The average Bonchev–Trinajstić information content (AvgIpc) is 2.98. The monoisotopic (exact) mass is 218 g/mol. The Labute approximate surface area is 91.4 Å². The van der Waals surface area contributed by atoms with Crippen molar-refractivity contribution >= 4 is 0 Å². The van der Waals surface area contributed by atoms with Crippen LogP contribution in [0, 0.1) is 13.8 Å². The van der Waals surface area contributed by atoms with E-state index in [1.807, 2.05) is 13.8 Å². The van der Waals surface area contributed by atoms with Crippen LogP contribution in [-0.2, 0) is 4.74 Å². The quantitative estimate of drug-likeness (QED) is 0.667. The zero-order chi connectivity index (χ0) is 11.1. The number of hydrogen-bond donors (Lipinski definition) is 0. The van der Waals surface area contributed by atoms with Crippen LogP contribution < -0.4 is 0 Å². The van der Waals surface area contributed by atoms with Crippen LogP contribution in [0.5, 0.6) is 0 Å². The molecule has 0 aliphatic carbocycles. The fraction of sp³-hybridized carbons (Fsp3) is 0.444. The second kappa shape index (κ2) is 3.31. The summed E-state index contributed by atoms with van der Waals surface area (Å²) in [4.78, 5) is 0. The van der Waals surface area contributed by atoms with E-state index in [0.717, 1.165) is 23.4 Å². The first-order valence-corrected chi connectivity index (χ1v) is 4.96. The SMILES string of the molecule is Cc1c([C@H]2CO2)nnc(-n2cnnn2)c1C. The van der Waals surface area contributed by atoms with Crippen LogP contribution in [0.3, 0.4) is 0 Å². The Morgan fingerprint density at radius 3 is 2.75 bits per heavy atom. The predicted molar refractivity (Wildman–Crippen MR) is 52.9 cm³/mol. The molecule has 0 saturated carbocycles. The summed E-state index contributed by atoms with van der Waals surface area (Å²) in [6.07, 6.45) is 1.62. The van der Waals surface area contributed by atoms with Crippen molar-refractivity contribution < 1.29 is 4.74 Å². The molecule has 0 unspecified atom stereocenters. The molecule has 1 aliphatic heterocycles. The Bertz CT molecular complexity index is 519. The fourth-order valence-corrected chi connectivity index (χ4v) is 1.60. The van der Waals surface area contributed by atoms with E-state index in [9.17, 15) is 0 Å². The third-order valence-electron chi connectivity index (χ3n) is 2.74. The van der Waals surface area contributed by atoms with E-state index in [0.29, 0.717) is 5.82 Å². The van der Waals surface area contributed by atoms with Gasteiger partial charge in [-0.3, -0.25) is 0 Å². The van der Waals surface area contributed by atoms with Crippen molar-refractivity contribution in [3.63, 3.8) is 0 Å². The van der Waals surface area contributed by atoms with Gasteiger partial charge in [0, 0.05) is 5.56 Å². The zero-order valence-corrected chi connectivity index (χ0v) is 8.95. The van der Waals surface area contributed by atoms with Gasteiger partial charge in [0.05, 0.1) is 12.3 Å². The van der Waals surface area contributed by atoms with Crippen molar-refractivity contribution in [1.82, 2.24) is 30.4 Å². The van der Waals surface area contributed by atoms with Gasteiger partial charge in [-0.1, -0.05) is 0 Å². The van der Waals surface area contributed by atoms with Crippen LogP contribution in [0.2, 0.25) is 0 Å². The maximum atomic E-state index is 5.21. The summed E-state index contributed by atoms with van der Waals surface area (Å²) in [5.74, 6) is 0.659. The van der Waals surface area contributed by atoms with E-state index < -0.39 is 0 Å². The lowest BCUT2D eigenvalue weighted by molar-refractivity contribution is 0.408. The highest BCUT2D eigenvalue weighted by molar-refractivity contribution is 5.39. The third kappa shape index (κ3) is 1.36. The zero-order valence-electron chi connectivity index (χ0n) is 8.95. The maximum absolute atomic E-state index is 5.21. The maximum Gasteiger partial charge on any atom is 0.182 e. The van der Waals surface area contributed by atoms with Crippen molar-refractivity contribution in [2.75, 3.05) is 6.61 Å². The van der Waals surface area contributed by atoms with Gasteiger partial charge in [-0.15, -0.1) is 10.2 Å². The van der Waals surface area contributed by atoms with Crippen LogP contribution >= 0.6 is 0 Å². The molecular weight excluding hydrogens is 208 g/mol. The molecule has 1 aliphatic rings. The summed E-state index contributed by atoms with van der Waals surface area (Å²) in [7, 11) is 0. The largest absolute Gasteiger partial charge is 0.366 e. The lowest BCUT2D eigenvalue weighted by Gasteiger charge is -2.08. The number of nitrogens with zero attached hydrogens (tertiary/aromatic N) is 6. The first-order chi connectivity index (χ1) is 7.77.